The van der Waals surface area contributed by atoms with Crippen molar-refractivity contribution >= 4 is 0 Å². The highest BCUT2D eigenvalue weighted by molar-refractivity contribution is 5.41. The Morgan fingerprint density at radius 3 is 2.67 bits per heavy atom. The third-order valence-corrected chi connectivity index (χ3v) is 2.89. The predicted molar refractivity (Wildman–Crippen MR) is 65.1 cm³/mol. The minimum Gasteiger partial charge on any atom is -0.453 e. The molecule has 0 amide bonds. The number of aliphatic hydroxyl groups is 1. The summed E-state index contributed by atoms with van der Waals surface area (Å²) in [6.07, 6.45) is 0. The lowest BCUT2D eigenvalue weighted by Crippen LogP contribution is -1.97. The molecule has 0 spiro atoms. The smallest absolute Gasteiger partial charge is 0.171 e. The largest absolute Gasteiger partial charge is 0.453 e. The molecule has 1 N–H and O–H groups in total. The molecule has 1 aromatic carbocycles. The molecule has 0 atom stereocenters. The Labute approximate surface area is 105 Å². The SMILES string of the molecule is Cc1nn(C)c(C)c1Oc1cccc(F)c1CO. The van der Waals surface area contributed by atoms with Crippen LogP contribution in [0.5, 0.6) is 11.5 Å². The highest BCUT2D eigenvalue weighted by Gasteiger charge is 2.15. The molecule has 4 nitrogen and oxygen atoms in total. The van der Waals surface area contributed by atoms with Crippen LogP contribution in [0.4, 0.5) is 4.39 Å². The van der Waals surface area contributed by atoms with E-state index in [1.165, 1.54) is 6.07 Å². The van der Waals surface area contributed by atoms with E-state index in [0.29, 0.717) is 11.5 Å². The lowest BCUT2D eigenvalue weighted by Gasteiger charge is -2.10. The van der Waals surface area contributed by atoms with Gasteiger partial charge in [0.15, 0.2) is 5.75 Å². The number of hydrogen-bond acceptors (Lipinski definition) is 3. The standard InChI is InChI=1S/C13H15FN2O2/c1-8-13(9(2)16(3)15-8)18-12-6-4-5-11(14)10(12)7-17/h4-6,17H,7H2,1-3H3. The average molecular weight is 250 g/mol. The molecule has 0 saturated carbocycles. The molecule has 0 unspecified atom stereocenters. The van der Waals surface area contributed by atoms with Gasteiger partial charge in [-0.2, -0.15) is 5.10 Å². The fourth-order valence-electron chi connectivity index (χ4n) is 1.80. The number of aliphatic hydroxyl groups excluding tert-OH is 1. The summed E-state index contributed by atoms with van der Waals surface area (Å²) in [5.74, 6) is 0.434. The Hall–Kier alpha value is -1.88. The monoisotopic (exact) mass is 250 g/mol. The Morgan fingerprint density at radius 2 is 2.11 bits per heavy atom. The summed E-state index contributed by atoms with van der Waals surface area (Å²) in [5, 5.41) is 13.4. The maximum atomic E-state index is 13.5. The zero-order valence-corrected chi connectivity index (χ0v) is 10.6. The number of aryl methyl sites for hydroxylation is 2. The van der Waals surface area contributed by atoms with Crippen molar-refractivity contribution in [3.8, 4) is 11.5 Å². The van der Waals surface area contributed by atoms with E-state index in [1.54, 1.807) is 16.8 Å². The number of ether oxygens (including phenoxy) is 1. The van der Waals surface area contributed by atoms with Gasteiger partial charge in [-0.3, -0.25) is 4.68 Å². The van der Waals surface area contributed by atoms with Gasteiger partial charge in [-0.15, -0.1) is 0 Å². The van der Waals surface area contributed by atoms with Crippen molar-refractivity contribution in [2.75, 3.05) is 0 Å². The summed E-state index contributed by atoms with van der Waals surface area (Å²) in [4.78, 5) is 0. The molecule has 0 saturated heterocycles. The first-order chi connectivity index (χ1) is 8.54. The lowest BCUT2D eigenvalue weighted by molar-refractivity contribution is 0.269. The second-order valence-corrected chi connectivity index (χ2v) is 4.10. The first-order valence-electron chi connectivity index (χ1n) is 5.61. The molecule has 96 valence electrons. The Bertz CT molecular complexity index is 579. The van der Waals surface area contributed by atoms with Crippen molar-refractivity contribution in [3.05, 3.63) is 41.0 Å². The number of rotatable bonds is 3. The third-order valence-electron chi connectivity index (χ3n) is 2.89. The van der Waals surface area contributed by atoms with Gasteiger partial charge in [0.2, 0.25) is 0 Å². The molecule has 0 fully saturated rings. The zero-order valence-electron chi connectivity index (χ0n) is 10.6. The van der Waals surface area contributed by atoms with Crippen LogP contribution in [-0.2, 0) is 13.7 Å². The number of nitrogens with zero attached hydrogens (tertiary/aromatic N) is 2. The van der Waals surface area contributed by atoms with Crippen molar-refractivity contribution in [2.45, 2.75) is 20.5 Å². The van der Waals surface area contributed by atoms with E-state index in [2.05, 4.69) is 5.10 Å². The normalized spacial score (nSPS) is 10.7. The number of aromatic nitrogens is 2. The molecular weight excluding hydrogens is 235 g/mol. The molecule has 2 aromatic rings. The topological polar surface area (TPSA) is 47.3 Å². The van der Waals surface area contributed by atoms with Gasteiger partial charge < -0.3 is 9.84 Å². The Balaban J connectivity index is 2.43. The first-order valence-corrected chi connectivity index (χ1v) is 5.61. The fourth-order valence-corrected chi connectivity index (χ4v) is 1.80. The molecule has 0 aliphatic carbocycles. The van der Waals surface area contributed by atoms with E-state index >= 15 is 0 Å². The summed E-state index contributed by atoms with van der Waals surface area (Å²) in [6.45, 7) is 3.29. The molecule has 0 radical (unpaired) electrons. The molecule has 2 rings (SSSR count). The van der Waals surface area contributed by atoms with Crippen molar-refractivity contribution in [1.82, 2.24) is 9.78 Å². The molecule has 0 aliphatic rings. The maximum absolute atomic E-state index is 13.5. The first kappa shape index (κ1) is 12.6. The minimum absolute atomic E-state index is 0.153. The van der Waals surface area contributed by atoms with E-state index < -0.39 is 12.4 Å². The summed E-state index contributed by atoms with van der Waals surface area (Å²) >= 11 is 0. The fraction of sp³-hybridized carbons (Fsp3) is 0.308. The van der Waals surface area contributed by atoms with Gasteiger partial charge in [0.05, 0.1) is 17.9 Å². The van der Waals surface area contributed by atoms with Gasteiger partial charge in [-0.1, -0.05) is 6.07 Å². The van der Waals surface area contributed by atoms with Crippen LogP contribution in [0.2, 0.25) is 0 Å². The van der Waals surface area contributed by atoms with Gasteiger partial charge >= 0.3 is 0 Å². The average Bonchev–Trinajstić information content (AvgIpc) is 2.56. The van der Waals surface area contributed by atoms with Crippen LogP contribution in [-0.4, -0.2) is 14.9 Å². The highest BCUT2D eigenvalue weighted by atomic mass is 19.1. The summed E-state index contributed by atoms with van der Waals surface area (Å²) in [5.41, 5.74) is 1.73. The van der Waals surface area contributed by atoms with E-state index in [4.69, 9.17) is 4.74 Å². The number of halogens is 1. The van der Waals surface area contributed by atoms with Crippen LogP contribution in [0.25, 0.3) is 0 Å². The van der Waals surface area contributed by atoms with E-state index in [1.807, 2.05) is 20.9 Å². The molecule has 1 aromatic heterocycles. The summed E-state index contributed by atoms with van der Waals surface area (Å²) < 4.78 is 20.9. The molecule has 5 heteroatoms. The zero-order chi connectivity index (χ0) is 13.3. The van der Waals surface area contributed by atoms with Crippen LogP contribution < -0.4 is 4.74 Å². The van der Waals surface area contributed by atoms with E-state index in [-0.39, 0.29) is 5.56 Å². The van der Waals surface area contributed by atoms with Crippen molar-refractivity contribution in [1.29, 1.82) is 0 Å². The Kier molecular flexibility index (Phi) is 3.34. The second kappa shape index (κ2) is 4.78. The summed E-state index contributed by atoms with van der Waals surface area (Å²) in [7, 11) is 1.81. The lowest BCUT2D eigenvalue weighted by atomic mass is 10.2. The molecule has 18 heavy (non-hydrogen) atoms. The number of hydrogen-bond donors (Lipinski definition) is 1. The molecule has 0 bridgehead atoms. The van der Waals surface area contributed by atoms with Crippen molar-refractivity contribution in [3.63, 3.8) is 0 Å². The van der Waals surface area contributed by atoms with Crippen molar-refractivity contribution in [2.24, 2.45) is 7.05 Å². The van der Waals surface area contributed by atoms with Crippen LogP contribution in [0, 0.1) is 19.7 Å². The van der Waals surface area contributed by atoms with Crippen LogP contribution in [0.1, 0.15) is 17.0 Å². The maximum Gasteiger partial charge on any atom is 0.171 e. The highest BCUT2D eigenvalue weighted by Crippen LogP contribution is 2.31. The third kappa shape index (κ3) is 2.09. The van der Waals surface area contributed by atoms with E-state index in [9.17, 15) is 9.50 Å². The van der Waals surface area contributed by atoms with E-state index in [0.717, 1.165) is 11.4 Å². The van der Waals surface area contributed by atoms with Gasteiger partial charge in [0.25, 0.3) is 0 Å². The van der Waals surface area contributed by atoms with Crippen LogP contribution in [0.3, 0.4) is 0 Å². The molecular formula is C13H15FN2O2. The predicted octanol–water partition coefficient (Wildman–Crippen LogP) is 2.46. The molecule has 1 heterocycles. The Morgan fingerprint density at radius 1 is 1.39 bits per heavy atom. The number of benzene rings is 1. The van der Waals surface area contributed by atoms with Crippen molar-refractivity contribution < 1.29 is 14.2 Å². The van der Waals surface area contributed by atoms with Gasteiger partial charge in [0, 0.05) is 7.05 Å². The summed E-state index contributed by atoms with van der Waals surface area (Å²) in [6, 6.07) is 4.47. The van der Waals surface area contributed by atoms with Gasteiger partial charge in [-0.25, -0.2) is 4.39 Å². The van der Waals surface area contributed by atoms with Gasteiger partial charge in [0.1, 0.15) is 17.3 Å². The van der Waals surface area contributed by atoms with Crippen LogP contribution >= 0.6 is 0 Å². The van der Waals surface area contributed by atoms with Crippen LogP contribution in [0.15, 0.2) is 18.2 Å². The second-order valence-electron chi connectivity index (χ2n) is 4.10. The molecule has 0 aliphatic heterocycles. The quantitative estimate of drug-likeness (QED) is 0.910. The minimum atomic E-state index is -0.478. The van der Waals surface area contributed by atoms with Gasteiger partial charge in [-0.05, 0) is 26.0 Å².